The standard InChI is InChI=1S/C24H24F3N3O4S/c1-34-17-3-5-18(6-4-17)35(32,33)30-20-7-2-16(24(25,26)27)14-19(20)21(31)29-23-11-8-22(15-28,9-12-23)10-13-23/h2-7,14,30H,8-13H2,1H3,(H,29,31). The van der Waals surface area contributed by atoms with Crippen LogP contribution in [-0.4, -0.2) is 27.0 Å². The van der Waals surface area contributed by atoms with Gasteiger partial charge in [0, 0.05) is 5.54 Å². The number of anilines is 1. The third kappa shape index (κ3) is 4.93. The Morgan fingerprint density at radius 2 is 1.63 bits per heavy atom. The second kappa shape index (κ2) is 8.75. The van der Waals surface area contributed by atoms with Gasteiger partial charge >= 0.3 is 6.18 Å². The van der Waals surface area contributed by atoms with E-state index in [4.69, 9.17) is 4.74 Å². The van der Waals surface area contributed by atoms with E-state index >= 15 is 0 Å². The van der Waals surface area contributed by atoms with E-state index in [0.717, 1.165) is 12.1 Å². The number of carbonyl (C=O) groups is 1. The number of sulfonamides is 1. The van der Waals surface area contributed by atoms with Crippen molar-refractivity contribution in [3.8, 4) is 11.8 Å². The van der Waals surface area contributed by atoms with Crippen molar-refractivity contribution in [1.29, 1.82) is 5.26 Å². The molecular weight excluding hydrogens is 483 g/mol. The molecule has 2 aromatic carbocycles. The predicted octanol–water partition coefficient (Wildman–Crippen LogP) is 4.86. The van der Waals surface area contributed by atoms with Crippen molar-refractivity contribution in [3.05, 3.63) is 53.6 Å². The molecule has 2 bridgehead atoms. The van der Waals surface area contributed by atoms with Crippen LogP contribution in [0.5, 0.6) is 5.75 Å². The molecule has 0 spiro atoms. The van der Waals surface area contributed by atoms with Crippen LogP contribution in [0.25, 0.3) is 0 Å². The summed E-state index contributed by atoms with van der Waals surface area (Å²) in [6, 6.07) is 10.1. The van der Waals surface area contributed by atoms with Gasteiger partial charge in [0.25, 0.3) is 15.9 Å². The molecule has 0 aromatic heterocycles. The van der Waals surface area contributed by atoms with Crippen LogP contribution in [0.4, 0.5) is 18.9 Å². The van der Waals surface area contributed by atoms with E-state index in [2.05, 4.69) is 16.1 Å². The van der Waals surface area contributed by atoms with Gasteiger partial charge in [0.1, 0.15) is 5.75 Å². The molecule has 35 heavy (non-hydrogen) atoms. The van der Waals surface area contributed by atoms with E-state index in [9.17, 15) is 31.6 Å². The Kier molecular flexibility index (Phi) is 6.21. The molecule has 0 radical (unpaired) electrons. The highest BCUT2D eigenvalue weighted by molar-refractivity contribution is 7.92. The lowest BCUT2D eigenvalue weighted by molar-refractivity contribution is -0.137. The Hall–Kier alpha value is -3.26. The molecule has 1 amide bonds. The number of nitrogens with zero attached hydrogens (tertiary/aromatic N) is 1. The molecule has 0 unspecified atom stereocenters. The largest absolute Gasteiger partial charge is 0.497 e. The number of hydrogen-bond acceptors (Lipinski definition) is 5. The number of methoxy groups -OCH3 is 1. The molecule has 3 fully saturated rings. The van der Waals surface area contributed by atoms with Gasteiger partial charge in [-0.2, -0.15) is 18.4 Å². The van der Waals surface area contributed by atoms with Gasteiger partial charge in [0.2, 0.25) is 0 Å². The highest BCUT2D eigenvalue weighted by atomic mass is 32.2. The fourth-order valence-corrected chi connectivity index (χ4v) is 5.88. The molecule has 3 aliphatic carbocycles. The first-order valence-electron chi connectivity index (χ1n) is 11.0. The van der Waals surface area contributed by atoms with E-state index in [1.54, 1.807) is 0 Å². The van der Waals surface area contributed by atoms with Crippen LogP contribution >= 0.6 is 0 Å². The van der Waals surface area contributed by atoms with Crippen LogP contribution in [0.15, 0.2) is 47.4 Å². The van der Waals surface area contributed by atoms with Crippen LogP contribution in [0.1, 0.15) is 54.4 Å². The van der Waals surface area contributed by atoms with Crippen LogP contribution < -0.4 is 14.8 Å². The molecule has 0 aliphatic heterocycles. The second-order valence-electron chi connectivity index (χ2n) is 9.17. The number of nitriles is 1. The SMILES string of the molecule is COc1ccc(S(=O)(=O)Nc2ccc(C(F)(F)F)cc2C(=O)NC23CCC(C#N)(CC2)CC3)cc1. The molecule has 0 heterocycles. The van der Waals surface area contributed by atoms with E-state index < -0.39 is 44.2 Å². The number of benzene rings is 2. The van der Waals surface area contributed by atoms with E-state index in [-0.39, 0.29) is 10.6 Å². The number of carbonyl (C=O) groups excluding carboxylic acids is 1. The molecule has 186 valence electrons. The molecule has 11 heteroatoms. The molecule has 2 N–H and O–H groups in total. The van der Waals surface area contributed by atoms with Crippen molar-refractivity contribution in [2.75, 3.05) is 11.8 Å². The van der Waals surface area contributed by atoms with Crippen molar-refractivity contribution in [3.63, 3.8) is 0 Å². The lowest BCUT2D eigenvalue weighted by Gasteiger charge is -2.50. The number of alkyl halides is 3. The summed E-state index contributed by atoms with van der Waals surface area (Å²) < 4.78 is 73.3. The Bertz CT molecular complexity index is 1260. The predicted molar refractivity (Wildman–Crippen MR) is 121 cm³/mol. The lowest BCUT2D eigenvalue weighted by Crippen LogP contribution is -2.56. The normalized spacial score (nSPS) is 23.9. The lowest BCUT2D eigenvalue weighted by atomic mass is 9.58. The van der Waals surface area contributed by atoms with E-state index in [1.165, 1.54) is 31.4 Å². The van der Waals surface area contributed by atoms with Crippen LogP contribution in [0, 0.1) is 16.7 Å². The fourth-order valence-electron chi connectivity index (χ4n) is 4.81. The number of nitrogens with one attached hydrogen (secondary N) is 2. The van der Waals surface area contributed by atoms with Crippen molar-refractivity contribution in [2.45, 2.75) is 55.1 Å². The number of hydrogen-bond donors (Lipinski definition) is 2. The van der Waals surface area contributed by atoms with Gasteiger partial charge in [-0.3, -0.25) is 9.52 Å². The molecule has 7 nitrogen and oxygen atoms in total. The highest BCUT2D eigenvalue weighted by Crippen LogP contribution is 2.52. The van der Waals surface area contributed by atoms with Gasteiger partial charge in [-0.15, -0.1) is 0 Å². The minimum absolute atomic E-state index is 0.143. The first-order valence-corrected chi connectivity index (χ1v) is 12.5. The first kappa shape index (κ1) is 24.9. The quantitative estimate of drug-likeness (QED) is 0.581. The number of halogens is 3. The molecule has 0 atom stereocenters. The number of fused-ring (bicyclic) bond motifs is 3. The number of ether oxygens (including phenoxy) is 1. The Balaban J connectivity index is 1.65. The Morgan fingerprint density at radius 3 is 2.14 bits per heavy atom. The highest BCUT2D eigenvalue weighted by Gasteiger charge is 2.49. The summed E-state index contributed by atoms with van der Waals surface area (Å²) in [4.78, 5) is 13.1. The van der Waals surface area contributed by atoms with Crippen molar-refractivity contribution >= 4 is 21.6 Å². The fraction of sp³-hybridized carbons (Fsp3) is 0.417. The maximum Gasteiger partial charge on any atom is 0.416 e. The third-order valence-electron chi connectivity index (χ3n) is 7.07. The number of rotatable bonds is 6. The smallest absolute Gasteiger partial charge is 0.416 e. The van der Waals surface area contributed by atoms with Gasteiger partial charge in [0.05, 0.1) is 40.3 Å². The molecule has 3 aliphatic rings. The third-order valence-corrected chi connectivity index (χ3v) is 8.45. The molecule has 0 saturated heterocycles. The average Bonchev–Trinajstić information content (AvgIpc) is 2.84. The van der Waals surface area contributed by atoms with Crippen LogP contribution in [-0.2, 0) is 16.2 Å². The summed E-state index contributed by atoms with van der Waals surface area (Å²) in [6.45, 7) is 0. The maximum absolute atomic E-state index is 13.4. The second-order valence-corrected chi connectivity index (χ2v) is 10.8. The monoisotopic (exact) mass is 507 g/mol. The van der Waals surface area contributed by atoms with Gasteiger partial charge < -0.3 is 10.1 Å². The Morgan fingerprint density at radius 1 is 1.03 bits per heavy atom. The van der Waals surface area contributed by atoms with Gasteiger partial charge in [-0.1, -0.05) is 0 Å². The zero-order chi connectivity index (χ0) is 25.5. The van der Waals surface area contributed by atoms with Gasteiger partial charge in [0.15, 0.2) is 0 Å². The van der Waals surface area contributed by atoms with Gasteiger partial charge in [-0.25, -0.2) is 8.42 Å². The maximum atomic E-state index is 13.4. The summed E-state index contributed by atoms with van der Waals surface area (Å²) in [6.07, 6.45) is -1.30. The van der Waals surface area contributed by atoms with Crippen LogP contribution in [0.2, 0.25) is 0 Å². The summed E-state index contributed by atoms with van der Waals surface area (Å²) in [5, 5.41) is 12.3. The van der Waals surface area contributed by atoms with E-state index in [0.29, 0.717) is 50.3 Å². The Labute approximate surface area is 201 Å². The molecule has 2 aromatic rings. The minimum Gasteiger partial charge on any atom is -0.497 e. The number of amides is 1. The average molecular weight is 508 g/mol. The summed E-state index contributed by atoms with van der Waals surface area (Å²) >= 11 is 0. The van der Waals surface area contributed by atoms with E-state index in [1.807, 2.05) is 0 Å². The van der Waals surface area contributed by atoms with Gasteiger partial charge in [-0.05, 0) is 81.0 Å². The first-order chi connectivity index (χ1) is 16.4. The topological polar surface area (TPSA) is 108 Å². The summed E-state index contributed by atoms with van der Waals surface area (Å²) in [5.74, 6) is -0.368. The van der Waals surface area contributed by atoms with Crippen LogP contribution in [0.3, 0.4) is 0 Å². The van der Waals surface area contributed by atoms with Crippen molar-refractivity contribution < 1.29 is 31.1 Å². The zero-order valence-electron chi connectivity index (χ0n) is 18.9. The minimum atomic E-state index is -4.72. The molecular formula is C24H24F3N3O4S. The van der Waals surface area contributed by atoms with Crippen molar-refractivity contribution in [1.82, 2.24) is 5.32 Å². The molecule has 5 rings (SSSR count). The summed E-state index contributed by atoms with van der Waals surface area (Å²) in [7, 11) is -2.78. The summed E-state index contributed by atoms with van der Waals surface area (Å²) in [5.41, 5.74) is -2.78. The molecule has 3 saturated carbocycles. The zero-order valence-corrected chi connectivity index (χ0v) is 19.7. The van der Waals surface area contributed by atoms with Crippen molar-refractivity contribution in [2.24, 2.45) is 5.41 Å².